The number of quaternary nitrogens is 1. The quantitative estimate of drug-likeness (QED) is 0.0214. The van der Waals surface area contributed by atoms with Gasteiger partial charge in [0.15, 0.2) is 6.10 Å². The molecule has 0 aromatic rings. The van der Waals surface area contributed by atoms with Gasteiger partial charge in [0.2, 0.25) is 0 Å². The van der Waals surface area contributed by atoms with Crippen LogP contribution in [-0.2, 0) is 33.3 Å². The molecule has 0 rings (SSSR count). The van der Waals surface area contributed by atoms with Crippen LogP contribution in [0.3, 0.4) is 0 Å². The fraction of sp³-hybridized carbons (Fsp3) is 0.660. The molecule has 0 fully saturated rings. The first-order valence-electron chi connectivity index (χ1n) is 22.8. The predicted molar refractivity (Wildman–Crippen MR) is 244 cm³/mol. The summed E-state index contributed by atoms with van der Waals surface area (Å²) in [6, 6.07) is 0. The molecule has 2 unspecified atom stereocenters. The summed E-state index contributed by atoms with van der Waals surface area (Å²) in [6.45, 7) is 4.65. The first-order valence-corrected chi connectivity index (χ1v) is 22.8. The van der Waals surface area contributed by atoms with Crippen molar-refractivity contribution in [1.29, 1.82) is 0 Å². The molecule has 0 aromatic carbocycles. The summed E-state index contributed by atoms with van der Waals surface area (Å²) in [5.41, 5.74) is 0. The lowest BCUT2D eigenvalue weighted by Gasteiger charge is -2.25. The minimum absolute atomic E-state index is 0.173. The van der Waals surface area contributed by atoms with Crippen molar-refractivity contribution in [2.45, 2.75) is 167 Å². The van der Waals surface area contributed by atoms with E-state index >= 15 is 0 Å². The van der Waals surface area contributed by atoms with E-state index in [0.29, 0.717) is 23.9 Å². The maximum atomic E-state index is 12.7. The molecule has 0 bridgehead atoms. The fourth-order valence-electron chi connectivity index (χ4n) is 5.65. The summed E-state index contributed by atoms with van der Waals surface area (Å²) < 4.78 is 22.6. The number of carboxylic acid groups (broad SMARTS) is 1. The molecular weight excluding hydrogens is 743 g/mol. The Morgan fingerprint density at radius 1 is 0.525 bits per heavy atom. The summed E-state index contributed by atoms with van der Waals surface area (Å²) in [5.74, 6) is -2.10. The molecule has 0 radical (unpaired) electrons. The van der Waals surface area contributed by atoms with Crippen LogP contribution in [0.1, 0.15) is 155 Å². The Morgan fingerprint density at radius 3 is 1.42 bits per heavy atom. The summed E-state index contributed by atoms with van der Waals surface area (Å²) in [7, 11) is 5.93. The predicted octanol–water partition coefficient (Wildman–Crippen LogP) is 12.1. The fourth-order valence-corrected chi connectivity index (χ4v) is 5.65. The minimum atomic E-state index is -1.53. The van der Waals surface area contributed by atoms with E-state index in [-0.39, 0.29) is 38.6 Å². The van der Waals surface area contributed by atoms with Crippen LogP contribution in [0.25, 0.3) is 0 Å². The number of esters is 2. The van der Waals surface area contributed by atoms with E-state index in [1.54, 1.807) is 0 Å². The topological polar surface area (TPSA) is 108 Å². The maximum absolute atomic E-state index is 12.7. The molecule has 9 heteroatoms. The number of unbranched alkanes of at least 4 members (excludes halogenated alkanes) is 11. The zero-order valence-electron chi connectivity index (χ0n) is 37.9. The Balaban J connectivity index is 4.53. The van der Waals surface area contributed by atoms with Crippen LogP contribution in [0, 0.1) is 0 Å². The van der Waals surface area contributed by atoms with Crippen LogP contribution in [0.5, 0.6) is 0 Å². The first-order chi connectivity index (χ1) is 28.6. The number of hydrogen-bond acceptors (Lipinski definition) is 7. The van der Waals surface area contributed by atoms with Crippen LogP contribution < -0.4 is 0 Å². The van der Waals surface area contributed by atoms with Crippen molar-refractivity contribution in [3.05, 3.63) is 85.1 Å². The van der Waals surface area contributed by atoms with Gasteiger partial charge < -0.3 is 28.5 Å². The lowest BCUT2D eigenvalue weighted by Crippen LogP contribution is -2.40. The van der Waals surface area contributed by atoms with Crippen LogP contribution >= 0.6 is 0 Å². The van der Waals surface area contributed by atoms with Crippen molar-refractivity contribution in [2.24, 2.45) is 0 Å². The Labute approximate surface area is 359 Å². The zero-order valence-corrected chi connectivity index (χ0v) is 37.9. The number of ether oxygens (including phenoxy) is 4. The number of carbonyl (C=O) groups is 3. The Bertz CT molecular complexity index is 1240. The van der Waals surface area contributed by atoms with Crippen LogP contribution in [-0.4, -0.2) is 87.4 Å². The third kappa shape index (κ3) is 42.4. The first kappa shape index (κ1) is 55.5. The van der Waals surface area contributed by atoms with Crippen LogP contribution in [0.4, 0.5) is 0 Å². The second-order valence-electron chi connectivity index (χ2n) is 16.0. The number of rotatable bonds is 40. The summed E-state index contributed by atoms with van der Waals surface area (Å²) in [6.07, 6.45) is 49.4. The van der Waals surface area contributed by atoms with Gasteiger partial charge in [0.05, 0.1) is 34.4 Å². The van der Waals surface area contributed by atoms with Crippen molar-refractivity contribution < 1.29 is 42.9 Å². The second-order valence-corrected chi connectivity index (χ2v) is 16.0. The second kappa shape index (κ2) is 41.2. The maximum Gasteiger partial charge on any atom is 0.361 e. The Morgan fingerprint density at radius 2 is 0.966 bits per heavy atom. The van der Waals surface area contributed by atoms with Crippen LogP contribution in [0.2, 0.25) is 0 Å². The van der Waals surface area contributed by atoms with Crippen molar-refractivity contribution in [1.82, 2.24) is 0 Å². The van der Waals surface area contributed by atoms with Gasteiger partial charge in [-0.05, 0) is 64.2 Å². The monoisotopic (exact) mass is 827 g/mol. The molecule has 0 heterocycles. The van der Waals surface area contributed by atoms with E-state index in [9.17, 15) is 19.5 Å². The van der Waals surface area contributed by atoms with Crippen molar-refractivity contribution in [2.75, 3.05) is 47.5 Å². The van der Waals surface area contributed by atoms with Crippen molar-refractivity contribution in [3.63, 3.8) is 0 Å². The lowest BCUT2D eigenvalue weighted by molar-refractivity contribution is -0.870. The number of aliphatic carboxylic acids is 1. The molecule has 59 heavy (non-hydrogen) atoms. The molecule has 0 aliphatic carbocycles. The smallest absolute Gasteiger partial charge is 0.361 e. The van der Waals surface area contributed by atoms with Gasteiger partial charge in [-0.25, -0.2) is 4.79 Å². The highest BCUT2D eigenvalue weighted by atomic mass is 16.7. The Kier molecular flexibility index (Phi) is 38.7. The van der Waals surface area contributed by atoms with Crippen molar-refractivity contribution in [3.8, 4) is 0 Å². The molecule has 0 aliphatic heterocycles. The number of hydrogen-bond donors (Lipinski definition) is 1. The lowest BCUT2D eigenvalue weighted by atomic mass is 10.1. The highest BCUT2D eigenvalue weighted by molar-refractivity contribution is 5.71. The van der Waals surface area contributed by atoms with E-state index in [1.807, 2.05) is 21.1 Å². The third-order valence-corrected chi connectivity index (χ3v) is 9.17. The van der Waals surface area contributed by atoms with Gasteiger partial charge in [0, 0.05) is 12.8 Å². The molecule has 0 spiro atoms. The SMILES string of the molecule is CC/C=C\C/C=C\C/C=C\C/C=C\C/C=C\C/C=C\C/C=C\CCCC(=O)OC(COC(=O)CCCCCCCCCCCCC)COC(OCC[N+](C)(C)C)C(=O)O. The van der Waals surface area contributed by atoms with E-state index in [1.165, 1.54) is 51.4 Å². The van der Waals surface area contributed by atoms with Gasteiger partial charge >= 0.3 is 17.9 Å². The van der Waals surface area contributed by atoms with E-state index in [2.05, 4.69) is 98.9 Å². The normalized spacial score (nSPS) is 13.7. The minimum Gasteiger partial charge on any atom is -0.477 e. The van der Waals surface area contributed by atoms with Crippen LogP contribution in [0.15, 0.2) is 85.1 Å². The number of nitrogens with zero attached hydrogens (tertiary/aromatic N) is 1. The summed E-state index contributed by atoms with van der Waals surface area (Å²) in [5, 5.41) is 9.62. The van der Waals surface area contributed by atoms with Gasteiger partial charge in [-0.2, -0.15) is 0 Å². The zero-order chi connectivity index (χ0) is 43.5. The largest absolute Gasteiger partial charge is 0.477 e. The third-order valence-electron chi connectivity index (χ3n) is 9.17. The molecule has 0 saturated heterocycles. The number of likely N-dealkylation sites (N-methyl/N-ethyl adjacent to an activating group) is 1. The number of carbonyl (C=O) groups excluding carboxylic acids is 2. The van der Waals surface area contributed by atoms with Gasteiger partial charge in [-0.3, -0.25) is 9.59 Å². The molecule has 2 atom stereocenters. The highest BCUT2D eigenvalue weighted by Gasteiger charge is 2.25. The van der Waals surface area contributed by atoms with Gasteiger partial charge in [-0.15, -0.1) is 0 Å². The molecule has 336 valence electrons. The highest BCUT2D eigenvalue weighted by Crippen LogP contribution is 2.13. The molecule has 9 nitrogen and oxygen atoms in total. The van der Waals surface area contributed by atoms with Crippen molar-refractivity contribution >= 4 is 17.9 Å². The molecule has 0 saturated carbocycles. The molecule has 0 amide bonds. The van der Waals surface area contributed by atoms with E-state index < -0.39 is 24.3 Å². The molecule has 1 N–H and O–H groups in total. The van der Waals surface area contributed by atoms with E-state index in [4.69, 9.17) is 18.9 Å². The summed E-state index contributed by atoms with van der Waals surface area (Å²) in [4.78, 5) is 37.0. The summed E-state index contributed by atoms with van der Waals surface area (Å²) >= 11 is 0. The molecule has 0 aromatic heterocycles. The van der Waals surface area contributed by atoms with Gasteiger partial charge in [0.1, 0.15) is 13.2 Å². The number of carboxylic acids is 1. The Hall–Kier alpha value is -3.53. The molecule has 0 aliphatic rings. The average Bonchev–Trinajstić information content (AvgIpc) is 3.19. The average molecular weight is 827 g/mol. The standard InChI is InChI=1S/C50H83NO8/c1-6-8-10-12-14-16-18-19-20-21-22-23-24-25-26-27-28-29-31-33-35-37-39-41-48(53)59-46(45-58-50(49(54)55)56-43-42-51(3,4)5)44-57-47(52)40-38-36-34-32-30-17-15-13-11-9-7-2/h8,10,14,16,19-20,22-23,25-26,28-29,33,35,46,50H,6-7,9,11-13,15,17-18,21,24,27,30-32,34,36-45H2,1-5H3/p+1/b10-8-,16-14-,20-19-,23-22-,26-25-,29-28-,35-33-. The van der Waals surface area contributed by atoms with E-state index in [0.717, 1.165) is 64.2 Å². The number of allylic oxidation sites excluding steroid dienone is 14. The van der Waals surface area contributed by atoms with Gasteiger partial charge in [-0.1, -0.05) is 163 Å². The molecular formula is C50H84NO8+. The van der Waals surface area contributed by atoms with Gasteiger partial charge in [0.25, 0.3) is 6.29 Å².